The Balaban J connectivity index is 1.21. The van der Waals surface area contributed by atoms with Crippen LogP contribution in [0.15, 0.2) is 121 Å². The predicted octanol–water partition coefficient (Wildman–Crippen LogP) is 5.41. The number of esters is 4. The topological polar surface area (TPSA) is 229 Å². The lowest BCUT2D eigenvalue weighted by Gasteiger charge is -2.46. The van der Waals surface area contributed by atoms with Gasteiger partial charge in [0.15, 0.2) is 17.4 Å². The number of anilines is 1. The minimum atomic E-state index is -2.23. The van der Waals surface area contributed by atoms with Gasteiger partial charge in [-0.05, 0) is 76.2 Å². The van der Waals surface area contributed by atoms with Crippen molar-refractivity contribution in [2.24, 2.45) is 17.8 Å². The minimum Gasteiger partial charge on any atom is -0.491 e. The number of fused-ring (bicyclic) bond motifs is 4. The standard InChI is InChI=1S/C62H63N5O15/c1-37(2)50(58(72)78-5)63-61(75)66-46-24-22-38(14-12-21-44(56(70)76-3)57(71)77-4)32-45(46)62(60(66)74)49(55(69)65-28-26-64(27-29-65)35-39-23-25-47-48(33-39)81-36-80-47)52-59(73)82-53(41-17-10-7-11-18-41)51(40-15-8-6-9-16-40)67(52)54(62)42-19-13-20-43(34-42)79-31-30-68/h6-11,13,15-20,22-25,32-34,37,44,49-54,68H,21,26-31,35-36H2,1-5H3,(H,63,75). The molecule has 5 heterocycles. The van der Waals surface area contributed by atoms with Crippen molar-refractivity contribution in [2.75, 3.05) is 72.4 Å². The number of morpholine rings is 1. The third-order valence-corrected chi connectivity index (χ3v) is 15.9. The largest absolute Gasteiger partial charge is 0.491 e. The molecule has 5 aromatic carbocycles. The van der Waals surface area contributed by atoms with Gasteiger partial charge in [-0.1, -0.05) is 105 Å². The number of nitrogens with one attached hydrogen (secondary N) is 1. The highest BCUT2D eigenvalue weighted by Crippen LogP contribution is 2.66. The maximum Gasteiger partial charge on any atom is 0.329 e. The van der Waals surface area contributed by atoms with E-state index < -0.39 is 95.2 Å². The number of carbonyl (C=O) groups is 7. The van der Waals surface area contributed by atoms with E-state index in [0.29, 0.717) is 53.6 Å². The molecule has 0 aliphatic carbocycles. The van der Waals surface area contributed by atoms with Crippen molar-refractivity contribution in [3.63, 3.8) is 0 Å². The number of urea groups is 1. The van der Waals surface area contributed by atoms with E-state index in [1.54, 1.807) is 55.1 Å². The Morgan fingerprint density at radius 2 is 1.41 bits per heavy atom. The molecule has 82 heavy (non-hydrogen) atoms. The third-order valence-electron chi connectivity index (χ3n) is 15.9. The normalized spacial score (nSPS) is 22.2. The number of rotatable bonds is 15. The smallest absolute Gasteiger partial charge is 0.329 e. The van der Waals surface area contributed by atoms with Crippen LogP contribution in [0.2, 0.25) is 0 Å². The molecule has 20 heteroatoms. The van der Waals surface area contributed by atoms with E-state index >= 15 is 19.2 Å². The molecule has 20 nitrogen and oxygen atoms in total. The van der Waals surface area contributed by atoms with E-state index in [-0.39, 0.29) is 56.3 Å². The van der Waals surface area contributed by atoms with Crippen LogP contribution in [0.25, 0.3) is 0 Å². The quantitative estimate of drug-likeness (QED) is 0.0578. The number of benzene rings is 5. The van der Waals surface area contributed by atoms with Crippen LogP contribution in [-0.4, -0.2) is 141 Å². The van der Waals surface area contributed by atoms with Gasteiger partial charge in [-0.3, -0.25) is 33.8 Å². The molecular formula is C62H63N5O15. The maximum absolute atomic E-state index is 17.0. The molecule has 0 saturated carbocycles. The molecule has 0 aromatic heterocycles. The zero-order valence-electron chi connectivity index (χ0n) is 46.0. The fourth-order valence-electron chi connectivity index (χ4n) is 12.1. The number of carbonyl (C=O) groups excluding carboxylic acids is 7. The molecule has 3 saturated heterocycles. The Morgan fingerprint density at radius 1 is 0.744 bits per heavy atom. The van der Waals surface area contributed by atoms with Gasteiger partial charge in [0.1, 0.15) is 36.0 Å². The molecule has 5 aliphatic heterocycles. The molecule has 4 amide bonds. The molecular weight excluding hydrogens is 1050 g/mol. The fourth-order valence-corrected chi connectivity index (χ4v) is 12.1. The Morgan fingerprint density at radius 3 is 2.09 bits per heavy atom. The second kappa shape index (κ2) is 24.1. The summed E-state index contributed by atoms with van der Waals surface area (Å²) in [4.78, 5) is 110. The van der Waals surface area contributed by atoms with Gasteiger partial charge in [0.25, 0.3) is 0 Å². The Labute approximate surface area is 474 Å². The van der Waals surface area contributed by atoms with E-state index in [9.17, 15) is 19.5 Å². The fraction of sp³-hybridized carbons (Fsp3) is 0.371. The number of nitrogens with zero attached hydrogens (tertiary/aromatic N) is 4. The second-order valence-corrected chi connectivity index (χ2v) is 20.9. The molecule has 1 spiro atoms. The lowest BCUT2D eigenvalue weighted by Crippen LogP contribution is -2.59. The highest BCUT2D eigenvalue weighted by Gasteiger charge is 2.76. The summed E-state index contributed by atoms with van der Waals surface area (Å²) in [6.45, 7) is 4.79. The number of piperazine rings is 1. The first-order chi connectivity index (χ1) is 39.7. The van der Waals surface area contributed by atoms with Gasteiger partial charge in [0, 0.05) is 44.7 Å². The monoisotopic (exact) mass is 1120 g/mol. The summed E-state index contributed by atoms with van der Waals surface area (Å²) >= 11 is 0. The van der Waals surface area contributed by atoms with Crippen molar-refractivity contribution < 1.29 is 71.8 Å². The first-order valence-electron chi connectivity index (χ1n) is 27.1. The molecule has 5 aromatic rings. The van der Waals surface area contributed by atoms with Crippen LogP contribution >= 0.6 is 0 Å². The molecule has 0 radical (unpaired) electrons. The summed E-state index contributed by atoms with van der Waals surface area (Å²) < 4.78 is 38.8. The number of aliphatic hydroxyl groups is 1. The zero-order chi connectivity index (χ0) is 57.8. The van der Waals surface area contributed by atoms with E-state index in [0.717, 1.165) is 24.7 Å². The highest BCUT2D eigenvalue weighted by atomic mass is 16.7. The number of cyclic esters (lactones) is 1. The van der Waals surface area contributed by atoms with Gasteiger partial charge in [-0.2, -0.15) is 0 Å². The second-order valence-electron chi connectivity index (χ2n) is 20.9. The average Bonchev–Trinajstić information content (AvgIpc) is 2.09. The molecule has 10 rings (SSSR count). The van der Waals surface area contributed by atoms with Crippen LogP contribution in [0.4, 0.5) is 10.5 Å². The first-order valence-corrected chi connectivity index (χ1v) is 27.1. The number of methoxy groups -OCH3 is 3. The number of hydrogen-bond donors (Lipinski definition) is 2. The van der Waals surface area contributed by atoms with Crippen LogP contribution in [0.1, 0.15) is 71.8 Å². The van der Waals surface area contributed by atoms with Crippen molar-refractivity contribution in [1.82, 2.24) is 20.0 Å². The predicted molar refractivity (Wildman–Crippen MR) is 294 cm³/mol. The number of aliphatic hydroxyl groups excluding tert-OH is 1. The zero-order valence-corrected chi connectivity index (χ0v) is 46.0. The molecule has 7 atom stereocenters. The lowest BCUT2D eigenvalue weighted by molar-refractivity contribution is -0.179. The van der Waals surface area contributed by atoms with E-state index in [4.69, 9.17) is 33.2 Å². The summed E-state index contributed by atoms with van der Waals surface area (Å²) in [5, 5.41) is 12.7. The molecule has 7 unspecified atom stereocenters. The summed E-state index contributed by atoms with van der Waals surface area (Å²) in [6.07, 6.45) is -1.35. The number of amides is 4. The Hall–Kier alpha value is -8.77. The molecule has 2 N–H and O–H groups in total. The van der Waals surface area contributed by atoms with Gasteiger partial charge in [0.2, 0.25) is 18.6 Å². The van der Waals surface area contributed by atoms with Gasteiger partial charge >= 0.3 is 29.9 Å². The van der Waals surface area contributed by atoms with Crippen LogP contribution in [-0.2, 0) is 59.7 Å². The van der Waals surface area contributed by atoms with Gasteiger partial charge < -0.3 is 48.5 Å². The lowest BCUT2D eigenvalue weighted by atomic mass is 9.64. The molecule has 3 fully saturated rings. The summed E-state index contributed by atoms with van der Waals surface area (Å²) in [5.74, 6) is -0.804. The van der Waals surface area contributed by atoms with E-state index in [2.05, 4.69) is 22.1 Å². The van der Waals surface area contributed by atoms with Crippen LogP contribution in [0.3, 0.4) is 0 Å². The van der Waals surface area contributed by atoms with Crippen molar-refractivity contribution in [1.29, 1.82) is 0 Å². The van der Waals surface area contributed by atoms with Crippen molar-refractivity contribution >= 4 is 47.4 Å². The molecule has 0 bridgehead atoms. The van der Waals surface area contributed by atoms with Crippen LogP contribution < -0.4 is 24.4 Å². The molecule has 426 valence electrons. The van der Waals surface area contributed by atoms with Crippen LogP contribution in [0.5, 0.6) is 17.2 Å². The number of imide groups is 1. The summed E-state index contributed by atoms with van der Waals surface area (Å²) in [6, 6.07) is 29.8. The maximum atomic E-state index is 17.0. The number of hydrogen-bond acceptors (Lipinski definition) is 17. The summed E-state index contributed by atoms with van der Waals surface area (Å²) in [5.41, 5.74) is 0.837. The summed E-state index contributed by atoms with van der Waals surface area (Å²) in [7, 11) is 3.46. The Kier molecular flexibility index (Phi) is 16.6. The third kappa shape index (κ3) is 10.5. The van der Waals surface area contributed by atoms with Gasteiger partial charge in [0.05, 0.1) is 51.6 Å². The van der Waals surface area contributed by atoms with Crippen LogP contribution in [0, 0.1) is 29.6 Å². The SMILES string of the molecule is COC(=O)C(CC#Cc1ccc2c(c1)C1(C(=O)N2C(=O)NC(C(=O)OC)C(C)C)C(C(=O)N2CCN(Cc3ccc4c(c3)OCO4)CC2)C2C(=O)OC(c3ccccc3)C(c3ccccc3)N2C1c1cccc(OCCO)c1)C(=O)OC. The first kappa shape index (κ1) is 56.5. The van der Waals surface area contributed by atoms with Gasteiger partial charge in [-0.15, -0.1) is 0 Å². The van der Waals surface area contributed by atoms with Crippen molar-refractivity contribution in [2.45, 2.75) is 62.5 Å². The Bertz CT molecular complexity index is 3310. The highest BCUT2D eigenvalue weighted by molar-refractivity contribution is 6.25. The number of ether oxygens (including phenoxy) is 7. The minimum absolute atomic E-state index is 0.0236. The van der Waals surface area contributed by atoms with E-state index in [1.165, 1.54) is 13.2 Å². The van der Waals surface area contributed by atoms with Crippen molar-refractivity contribution in [3.05, 3.63) is 155 Å². The van der Waals surface area contributed by atoms with Gasteiger partial charge in [-0.25, -0.2) is 14.5 Å². The van der Waals surface area contributed by atoms with Crippen molar-refractivity contribution in [3.8, 4) is 29.1 Å². The molecule has 5 aliphatic rings. The average molecular weight is 1120 g/mol. The van der Waals surface area contributed by atoms with E-state index in [1.807, 2.05) is 83.8 Å².